The second kappa shape index (κ2) is 11.5. The van der Waals surface area contributed by atoms with Gasteiger partial charge in [-0.1, -0.05) is 6.07 Å². The minimum Gasteiger partial charge on any atom is -0.462 e. The van der Waals surface area contributed by atoms with Crippen molar-refractivity contribution in [2.75, 3.05) is 32.6 Å². The Morgan fingerprint density at radius 2 is 1.81 bits per heavy atom. The zero-order valence-electron chi connectivity index (χ0n) is 18.2. The number of thiophene rings is 2. The molecular weight excluding hydrogens is 456 g/mol. The van der Waals surface area contributed by atoms with Gasteiger partial charge in [0.2, 0.25) is 0 Å². The molecule has 0 atom stereocenters. The maximum Gasteiger partial charge on any atom is 0.341 e. The molecule has 0 bridgehead atoms. The molecule has 172 valence electrons. The maximum atomic E-state index is 12.4. The van der Waals surface area contributed by atoms with Crippen molar-refractivity contribution < 1.29 is 33.4 Å². The third-order valence-corrected chi connectivity index (χ3v) is 6.30. The smallest absolute Gasteiger partial charge is 0.341 e. The average molecular weight is 481 g/mol. The van der Waals surface area contributed by atoms with Crippen LogP contribution in [-0.4, -0.2) is 61.7 Å². The first-order valence-corrected chi connectivity index (χ1v) is 11.4. The van der Waals surface area contributed by atoms with Crippen LogP contribution in [0.5, 0.6) is 0 Å². The molecule has 0 fully saturated rings. The Morgan fingerprint density at radius 1 is 1.09 bits per heavy atom. The van der Waals surface area contributed by atoms with Crippen molar-refractivity contribution in [1.82, 2.24) is 4.90 Å². The van der Waals surface area contributed by atoms with E-state index in [1.807, 2.05) is 0 Å². The van der Waals surface area contributed by atoms with E-state index in [-0.39, 0.29) is 46.6 Å². The number of hydrogen-bond acceptors (Lipinski definition) is 9. The Morgan fingerprint density at radius 3 is 2.41 bits per heavy atom. The lowest BCUT2D eigenvalue weighted by Gasteiger charge is -2.09. The summed E-state index contributed by atoms with van der Waals surface area (Å²) in [6.07, 6.45) is -0.175. The second-order valence-electron chi connectivity index (χ2n) is 6.79. The second-order valence-corrected chi connectivity index (χ2v) is 8.76. The lowest BCUT2D eigenvalue weighted by atomic mass is 10.1. The lowest BCUT2D eigenvalue weighted by Crippen LogP contribution is -2.22. The molecule has 0 aliphatic carbocycles. The normalized spacial score (nSPS) is 10.4. The quantitative estimate of drug-likeness (QED) is 0.410. The molecule has 0 saturated carbocycles. The van der Waals surface area contributed by atoms with Gasteiger partial charge in [0.1, 0.15) is 5.00 Å². The number of rotatable bonds is 10. The zero-order chi connectivity index (χ0) is 23.8. The Bertz CT molecular complexity index is 1010. The van der Waals surface area contributed by atoms with E-state index in [4.69, 9.17) is 9.47 Å². The van der Waals surface area contributed by atoms with Crippen molar-refractivity contribution in [2.24, 2.45) is 0 Å². The predicted octanol–water partition coefficient (Wildman–Crippen LogP) is 3.14. The van der Waals surface area contributed by atoms with Gasteiger partial charge in [-0.25, -0.2) is 4.79 Å². The number of nitrogens with zero attached hydrogens (tertiary/aromatic N) is 1. The minimum atomic E-state index is -0.693. The van der Waals surface area contributed by atoms with Gasteiger partial charge in [0.05, 0.1) is 28.3 Å². The third-order valence-electron chi connectivity index (χ3n) is 4.20. The van der Waals surface area contributed by atoms with Crippen LogP contribution >= 0.6 is 22.7 Å². The summed E-state index contributed by atoms with van der Waals surface area (Å²) in [5.41, 5.74) is 0.481. The number of Topliss-reactive ketones (excluding diaryl/α,β-unsaturated/α-hetero) is 1. The molecule has 0 aliphatic heterocycles. The zero-order valence-corrected chi connectivity index (χ0v) is 19.8. The van der Waals surface area contributed by atoms with Crippen LogP contribution in [0.25, 0.3) is 0 Å². The van der Waals surface area contributed by atoms with Gasteiger partial charge >= 0.3 is 11.9 Å². The standard InChI is InChI=1S/C21H24N2O7S2/c1-5-29-21(28)17-12(2)18(20(27)23(3)4)32-19(17)22-15(25)11-30-16(26)9-8-13(24)14-7-6-10-31-14/h6-7,10H,5,8-9,11H2,1-4H3,(H,22,25). The number of amides is 2. The van der Waals surface area contributed by atoms with Gasteiger partial charge in [0.25, 0.3) is 11.8 Å². The van der Waals surface area contributed by atoms with Gasteiger partial charge in [-0.15, -0.1) is 22.7 Å². The van der Waals surface area contributed by atoms with E-state index in [0.29, 0.717) is 10.4 Å². The van der Waals surface area contributed by atoms with E-state index in [9.17, 15) is 24.0 Å². The molecular formula is C21H24N2O7S2. The summed E-state index contributed by atoms with van der Waals surface area (Å²) in [6.45, 7) is 2.77. The maximum absolute atomic E-state index is 12.4. The lowest BCUT2D eigenvalue weighted by molar-refractivity contribution is -0.147. The van der Waals surface area contributed by atoms with Crippen LogP contribution in [0.4, 0.5) is 5.00 Å². The van der Waals surface area contributed by atoms with Crippen molar-refractivity contribution in [2.45, 2.75) is 26.7 Å². The summed E-state index contributed by atoms with van der Waals surface area (Å²) in [5.74, 6) is -2.54. The monoisotopic (exact) mass is 480 g/mol. The van der Waals surface area contributed by atoms with Crippen LogP contribution in [0, 0.1) is 6.92 Å². The summed E-state index contributed by atoms with van der Waals surface area (Å²) in [7, 11) is 3.15. The Hall–Kier alpha value is -3.05. The third kappa shape index (κ3) is 6.47. The molecule has 11 heteroatoms. The molecule has 2 amide bonds. The summed E-state index contributed by atoms with van der Waals surface area (Å²) < 4.78 is 9.97. The van der Waals surface area contributed by atoms with Crippen LogP contribution in [0.1, 0.15) is 55.0 Å². The molecule has 0 aromatic carbocycles. The van der Waals surface area contributed by atoms with Gasteiger partial charge < -0.3 is 19.7 Å². The van der Waals surface area contributed by atoms with Gasteiger partial charge in [-0.05, 0) is 30.9 Å². The van der Waals surface area contributed by atoms with Gasteiger partial charge in [-0.2, -0.15) is 0 Å². The molecule has 9 nitrogen and oxygen atoms in total. The Kier molecular flexibility index (Phi) is 9.09. The highest BCUT2D eigenvalue weighted by Gasteiger charge is 2.27. The van der Waals surface area contributed by atoms with Crippen LogP contribution in [0.2, 0.25) is 0 Å². The fourth-order valence-electron chi connectivity index (χ4n) is 2.61. The van der Waals surface area contributed by atoms with Crippen molar-refractivity contribution in [1.29, 1.82) is 0 Å². The van der Waals surface area contributed by atoms with Crippen LogP contribution in [0.3, 0.4) is 0 Å². The number of nitrogens with one attached hydrogen (secondary N) is 1. The van der Waals surface area contributed by atoms with E-state index in [1.165, 1.54) is 16.2 Å². The number of carbonyl (C=O) groups is 5. The van der Waals surface area contributed by atoms with Crippen molar-refractivity contribution >= 4 is 57.2 Å². The molecule has 0 spiro atoms. The van der Waals surface area contributed by atoms with E-state index < -0.39 is 24.5 Å². The molecule has 2 aromatic rings. The molecule has 0 radical (unpaired) electrons. The summed E-state index contributed by atoms with van der Waals surface area (Å²) >= 11 is 2.23. The number of ketones is 1. The van der Waals surface area contributed by atoms with E-state index >= 15 is 0 Å². The Balaban J connectivity index is 2.01. The van der Waals surface area contributed by atoms with E-state index in [1.54, 1.807) is 45.5 Å². The summed E-state index contributed by atoms with van der Waals surface area (Å²) in [6, 6.07) is 3.42. The number of esters is 2. The summed E-state index contributed by atoms with van der Waals surface area (Å²) in [5, 5.41) is 4.42. The minimum absolute atomic E-state index is 0.0197. The van der Waals surface area contributed by atoms with Crippen LogP contribution in [0.15, 0.2) is 17.5 Å². The topological polar surface area (TPSA) is 119 Å². The van der Waals surface area contributed by atoms with E-state index in [2.05, 4.69) is 5.32 Å². The largest absolute Gasteiger partial charge is 0.462 e. The first kappa shape index (κ1) is 25.2. The fourth-order valence-corrected chi connectivity index (χ4v) is 4.54. The first-order valence-electron chi connectivity index (χ1n) is 9.70. The summed E-state index contributed by atoms with van der Waals surface area (Å²) in [4.78, 5) is 63.1. The number of anilines is 1. The van der Waals surface area contributed by atoms with Crippen LogP contribution in [-0.2, 0) is 19.1 Å². The first-order chi connectivity index (χ1) is 15.1. The molecule has 2 rings (SSSR count). The van der Waals surface area contributed by atoms with Gasteiger partial charge in [0.15, 0.2) is 12.4 Å². The molecule has 0 unspecified atom stereocenters. The average Bonchev–Trinajstić information content (AvgIpc) is 3.38. The highest BCUT2D eigenvalue weighted by Crippen LogP contribution is 2.34. The van der Waals surface area contributed by atoms with Gasteiger partial charge in [-0.3, -0.25) is 19.2 Å². The van der Waals surface area contributed by atoms with Crippen molar-refractivity contribution in [3.05, 3.63) is 38.4 Å². The molecule has 1 N–H and O–H groups in total. The molecule has 2 heterocycles. The van der Waals surface area contributed by atoms with Crippen LogP contribution < -0.4 is 5.32 Å². The molecule has 0 saturated heterocycles. The highest BCUT2D eigenvalue weighted by molar-refractivity contribution is 7.18. The number of hydrogen-bond donors (Lipinski definition) is 1. The number of carbonyl (C=O) groups excluding carboxylic acids is 5. The molecule has 2 aromatic heterocycles. The molecule has 0 aliphatic rings. The fraction of sp³-hybridized carbons (Fsp3) is 0.381. The van der Waals surface area contributed by atoms with Crippen molar-refractivity contribution in [3.8, 4) is 0 Å². The Labute approximate surface area is 193 Å². The van der Waals surface area contributed by atoms with Gasteiger partial charge in [0, 0.05) is 20.5 Å². The predicted molar refractivity (Wildman–Crippen MR) is 121 cm³/mol. The molecule has 32 heavy (non-hydrogen) atoms. The van der Waals surface area contributed by atoms with Crippen molar-refractivity contribution in [3.63, 3.8) is 0 Å². The van der Waals surface area contributed by atoms with E-state index in [0.717, 1.165) is 11.3 Å². The highest BCUT2D eigenvalue weighted by atomic mass is 32.1. The number of ether oxygens (including phenoxy) is 2. The SMILES string of the molecule is CCOC(=O)c1c(NC(=O)COC(=O)CCC(=O)c2cccs2)sc(C(=O)N(C)C)c1C.